The molecular weight excluding hydrogens is 398 g/mol. The predicted octanol–water partition coefficient (Wildman–Crippen LogP) is 3.49. The van der Waals surface area contributed by atoms with Crippen molar-refractivity contribution < 1.29 is 22.0 Å². The summed E-state index contributed by atoms with van der Waals surface area (Å²) in [6.07, 6.45) is 3.98. The van der Waals surface area contributed by atoms with Crippen LogP contribution in [0.2, 0.25) is 0 Å². The van der Waals surface area contributed by atoms with Crippen molar-refractivity contribution in [3.8, 4) is 0 Å². The number of carbonyl (C=O) groups is 1. The number of benzene rings is 2. The number of carbonyl (C=O) groups excluding carboxylic acids is 1. The van der Waals surface area contributed by atoms with Crippen LogP contribution in [0.3, 0.4) is 0 Å². The fourth-order valence-corrected chi connectivity index (χ4v) is 3.89. The average Bonchev–Trinajstić information content (AvgIpc) is 2.72. The number of amides is 1. The third-order valence-corrected chi connectivity index (χ3v) is 5.77. The topological polar surface area (TPSA) is 76.1 Å². The van der Waals surface area contributed by atoms with Crippen LogP contribution >= 0.6 is 0 Å². The van der Waals surface area contributed by atoms with Gasteiger partial charge in [-0.15, -0.1) is 0 Å². The van der Waals surface area contributed by atoms with Gasteiger partial charge in [0.05, 0.1) is 4.90 Å². The molecule has 1 aromatic heterocycles. The van der Waals surface area contributed by atoms with E-state index in [0.717, 1.165) is 18.2 Å². The third kappa shape index (κ3) is 4.91. The molecule has 0 bridgehead atoms. The van der Waals surface area contributed by atoms with Gasteiger partial charge in [-0.2, -0.15) is 0 Å². The lowest BCUT2D eigenvalue weighted by Crippen LogP contribution is -2.28. The molecule has 1 N–H and O–H groups in total. The molecule has 0 aliphatic heterocycles. The summed E-state index contributed by atoms with van der Waals surface area (Å²) in [4.78, 5) is 15.9. The van der Waals surface area contributed by atoms with Crippen molar-refractivity contribution in [3.05, 3.63) is 101 Å². The van der Waals surface area contributed by atoms with Gasteiger partial charge in [0.25, 0.3) is 5.91 Å². The number of nitrogens with one attached hydrogen (secondary N) is 1. The van der Waals surface area contributed by atoms with Gasteiger partial charge in [-0.3, -0.25) is 9.78 Å². The van der Waals surface area contributed by atoms with E-state index in [1.165, 1.54) is 30.5 Å². The second kappa shape index (κ2) is 8.74. The average molecular weight is 414 g/mol. The minimum atomic E-state index is -4.26. The number of halogens is 2. The van der Waals surface area contributed by atoms with Crippen LogP contribution < -0.4 is 5.32 Å². The van der Waals surface area contributed by atoms with Crippen LogP contribution in [0.15, 0.2) is 82.9 Å². The van der Waals surface area contributed by atoms with E-state index < -0.39 is 32.3 Å². The first kappa shape index (κ1) is 20.3. The lowest BCUT2D eigenvalue weighted by Gasteiger charge is -2.11. The molecule has 2 aromatic carbocycles. The van der Waals surface area contributed by atoms with Gasteiger partial charge in [-0.1, -0.05) is 24.3 Å². The van der Waals surface area contributed by atoms with E-state index in [2.05, 4.69) is 10.3 Å². The minimum absolute atomic E-state index is 0.0280. The summed E-state index contributed by atoms with van der Waals surface area (Å²) >= 11 is 0. The van der Waals surface area contributed by atoms with Crippen LogP contribution in [0.5, 0.6) is 0 Å². The number of rotatable bonds is 6. The second-order valence-corrected chi connectivity index (χ2v) is 7.95. The Kier molecular flexibility index (Phi) is 6.13. The molecule has 0 fully saturated rings. The van der Waals surface area contributed by atoms with Crippen molar-refractivity contribution in [2.75, 3.05) is 0 Å². The zero-order chi connectivity index (χ0) is 20.9. The molecule has 0 radical (unpaired) electrons. The highest BCUT2D eigenvalue weighted by atomic mass is 32.2. The highest BCUT2D eigenvalue weighted by Gasteiger charge is 2.27. The van der Waals surface area contributed by atoms with Gasteiger partial charge in [0, 0.05) is 30.6 Å². The first-order valence-electron chi connectivity index (χ1n) is 8.52. The van der Waals surface area contributed by atoms with E-state index in [1.54, 1.807) is 24.4 Å². The molecule has 1 amide bonds. The lowest BCUT2D eigenvalue weighted by molar-refractivity contribution is -0.116. The Hall–Kier alpha value is -3.39. The maximum absolute atomic E-state index is 14.1. The van der Waals surface area contributed by atoms with Gasteiger partial charge < -0.3 is 5.32 Å². The number of pyridine rings is 1. The standard InChI is InChI=1S/C21H16F2N2O3S/c22-17-9-8-16(19(23)12-17)11-20(29(27,28)18-6-2-1-3-7-18)21(26)25-14-15-5-4-10-24-13-15/h1-13H,14H2,(H,25,26). The first-order valence-corrected chi connectivity index (χ1v) is 10.0. The Morgan fingerprint density at radius 1 is 1.03 bits per heavy atom. The SMILES string of the molecule is O=C(NCc1cccnc1)C(=Cc1ccc(F)cc1F)S(=O)(=O)c1ccccc1. The number of hydrogen-bond acceptors (Lipinski definition) is 4. The van der Waals surface area contributed by atoms with Crippen molar-refractivity contribution >= 4 is 21.8 Å². The highest BCUT2D eigenvalue weighted by molar-refractivity contribution is 7.96. The van der Waals surface area contributed by atoms with Crippen LogP contribution in [0.25, 0.3) is 6.08 Å². The summed E-state index contributed by atoms with van der Waals surface area (Å²) in [5.41, 5.74) is 0.433. The Labute approximate surface area is 166 Å². The predicted molar refractivity (Wildman–Crippen MR) is 104 cm³/mol. The monoisotopic (exact) mass is 414 g/mol. The summed E-state index contributed by atoms with van der Waals surface area (Å²) in [7, 11) is -4.26. The van der Waals surface area contributed by atoms with Crippen LogP contribution in [0, 0.1) is 11.6 Å². The summed E-state index contributed by atoms with van der Waals surface area (Å²) in [5.74, 6) is -2.71. The molecule has 0 aliphatic carbocycles. The Morgan fingerprint density at radius 3 is 2.45 bits per heavy atom. The third-order valence-electron chi connectivity index (χ3n) is 3.99. The zero-order valence-corrected chi connectivity index (χ0v) is 15.9. The van der Waals surface area contributed by atoms with Crippen molar-refractivity contribution in [1.29, 1.82) is 0 Å². The van der Waals surface area contributed by atoms with Gasteiger partial charge in [0.15, 0.2) is 0 Å². The van der Waals surface area contributed by atoms with Gasteiger partial charge >= 0.3 is 0 Å². The van der Waals surface area contributed by atoms with Crippen molar-refractivity contribution in [3.63, 3.8) is 0 Å². The van der Waals surface area contributed by atoms with Crippen molar-refractivity contribution in [1.82, 2.24) is 10.3 Å². The Balaban J connectivity index is 2.01. The largest absolute Gasteiger partial charge is 0.347 e. The van der Waals surface area contributed by atoms with Crippen LogP contribution in [-0.4, -0.2) is 19.3 Å². The quantitative estimate of drug-likeness (QED) is 0.627. The number of sulfone groups is 1. The van der Waals surface area contributed by atoms with Gasteiger partial charge in [-0.05, 0) is 42.0 Å². The molecule has 148 valence electrons. The lowest BCUT2D eigenvalue weighted by atomic mass is 10.2. The summed E-state index contributed by atoms with van der Waals surface area (Å²) in [6.45, 7) is 0.0280. The van der Waals surface area contributed by atoms with Gasteiger partial charge in [0.1, 0.15) is 16.5 Å². The molecule has 29 heavy (non-hydrogen) atoms. The smallest absolute Gasteiger partial charge is 0.263 e. The van der Waals surface area contributed by atoms with Crippen LogP contribution in [0.4, 0.5) is 8.78 Å². The summed E-state index contributed by atoms with van der Waals surface area (Å²) < 4.78 is 53.3. The molecule has 5 nitrogen and oxygen atoms in total. The fraction of sp³-hybridized carbons (Fsp3) is 0.0476. The molecule has 0 saturated carbocycles. The Bertz CT molecular complexity index is 1150. The molecule has 0 spiro atoms. The number of aromatic nitrogens is 1. The van der Waals surface area contributed by atoms with E-state index in [9.17, 15) is 22.0 Å². The minimum Gasteiger partial charge on any atom is -0.347 e. The molecule has 8 heteroatoms. The van der Waals surface area contributed by atoms with Gasteiger partial charge in [-0.25, -0.2) is 17.2 Å². The van der Waals surface area contributed by atoms with E-state index in [4.69, 9.17) is 0 Å². The molecular formula is C21H16F2N2O3S. The highest BCUT2D eigenvalue weighted by Crippen LogP contribution is 2.23. The second-order valence-electron chi connectivity index (χ2n) is 6.03. The van der Waals surface area contributed by atoms with Crippen molar-refractivity contribution in [2.24, 2.45) is 0 Å². The van der Waals surface area contributed by atoms with Crippen LogP contribution in [-0.2, 0) is 21.2 Å². The molecule has 1 heterocycles. The summed E-state index contributed by atoms with van der Waals surface area (Å²) in [6, 6.07) is 13.4. The van der Waals surface area contributed by atoms with E-state index in [0.29, 0.717) is 11.6 Å². The summed E-state index contributed by atoms with van der Waals surface area (Å²) in [5, 5.41) is 2.50. The van der Waals surface area contributed by atoms with Gasteiger partial charge in [0.2, 0.25) is 9.84 Å². The first-order chi connectivity index (χ1) is 13.9. The molecule has 3 aromatic rings. The Morgan fingerprint density at radius 2 is 1.79 bits per heavy atom. The molecule has 0 atom stereocenters. The van der Waals surface area contributed by atoms with E-state index in [1.807, 2.05) is 0 Å². The normalized spacial score (nSPS) is 11.9. The maximum Gasteiger partial charge on any atom is 0.263 e. The number of nitrogens with zero attached hydrogens (tertiary/aromatic N) is 1. The molecule has 0 aliphatic rings. The molecule has 3 rings (SSSR count). The fourth-order valence-electron chi connectivity index (χ4n) is 2.52. The molecule has 0 saturated heterocycles. The van der Waals surface area contributed by atoms with E-state index in [-0.39, 0.29) is 17.0 Å². The maximum atomic E-state index is 14.1. The van der Waals surface area contributed by atoms with Crippen molar-refractivity contribution in [2.45, 2.75) is 11.4 Å². The molecule has 0 unspecified atom stereocenters. The zero-order valence-electron chi connectivity index (χ0n) is 15.0. The number of hydrogen-bond donors (Lipinski definition) is 1. The van der Waals surface area contributed by atoms with Crippen LogP contribution in [0.1, 0.15) is 11.1 Å². The van der Waals surface area contributed by atoms with E-state index >= 15 is 0 Å².